The highest BCUT2D eigenvalue weighted by Crippen LogP contribution is 2.20. The van der Waals surface area contributed by atoms with E-state index in [2.05, 4.69) is 25.5 Å². The molecular formula is C17H31N5OS2. The molecule has 1 aliphatic rings. The minimum absolute atomic E-state index is 0.523. The van der Waals surface area contributed by atoms with Crippen LogP contribution in [0.4, 0.5) is 0 Å². The van der Waals surface area contributed by atoms with Crippen molar-refractivity contribution in [2.24, 2.45) is 4.99 Å². The SMILES string of the molecule is CN=C(NCCCSc1nccs1)NC1CCN(CCCOC)CC1. The van der Waals surface area contributed by atoms with Crippen LogP contribution in [0.5, 0.6) is 0 Å². The number of aromatic nitrogens is 1. The van der Waals surface area contributed by atoms with Crippen LogP contribution in [0.25, 0.3) is 0 Å². The van der Waals surface area contributed by atoms with Crippen molar-refractivity contribution >= 4 is 29.1 Å². The Labute approximate surface area is 159 Å². The average Bonchev–Trinajstić information content (AvgIpc) is 3.15. The molecule has 0 aliphatic carbocycles. The van der Waals surface area contributed by atoms with Crippen LogP contribution in [0, 0.1) is 0 Å². The Balaban J connectivity index is 1.54. The van der Waals surface area contributed by atoms with Crippen LogP contribution < -0.4 is 10.6 Å². The van der Waals surface area contributed by atoms with Crippen LogP contribution in [-0.2, 0) is 4.74 Å². The Kier molecular flexibility index (Phi) is 10.3. The molecule has 0 aromatic carbocycles. The van der Waals surface area contributed by atoms with E-state index >= 15 is 0 Å². The molecule has 142 valence electrons. The second kappa shape index (κ2) is 12.5. The molecule has 0 spiro atoms. The van der Waals surface area contributed by atoms with Gasteiger partial charge in [-0.15, -0.1) is 11.3 Å². The van der Waals surface area contributed by atoms with Crippen LogP contribution in [-0.4, -0.2) is 74.6 Å². The van der Waals surface area contributed by atoms with E-state index in [1.165, 1.54) is 12.8 Å². The standard InChI is InChI=1S/C17H31N5OS2/c1-18-16(19-7-3-13-24-17-20-8-14-25-17)21-15-5-10-22(11-6-15)9-4-12-23-2/h8,14-15H,3-7,9-13H2,1-2H3,(H2,18,19,21). The number of hydrogen-bond acceptors (Lipinski definition) is 6. The zero-order valence-electron chi connectivity index (χ0n) is 15.4. The minimum Gasteiger partial charge on any atom is -0.385 e. The largest absolute Gasteiger partial charge is 0.385 e. The maximum Gasteiger partial charge on any atom is 0.191 e. The maximum absolute atomic E-state index is 5.13. The van der Waals surface area contributed by atoms with Crippen LogP contribution in [0.2, 0.25) is 0 Å². The third kappa shape index (κ3) is 8.40. The number of piperidine rings is 1. The quantitative estimate of drug-likeness (QED) is 0.279. The first kappa shape index (κ1) is 20.5. The van der Waals surface area contributed by atoms with Gasteiger partial charge in [0.25, 0.3) is 0 Å². The van der Waals surface area contributed by atoms with Gasteiger partial charge >= 0.3 is 0 Å². The summed E-state index contributed by atoms with van der Waals surface area (Å²) in [5, 5.41) is 9.02. The molecule has 2 heterocycles. The molecule has 1 aromatic rings. The van der Waals surface area contributed by atoms with Gasteiger partial charge < -0.3 is 20.3 Å². The fourth-order valence-corrected chi connectivity index (χ4v) is 4.49. The van der Waals surface area contributed by atoms with Crippen molar-refractivity contribution in [3.8, 4) is 0 Å². The summed E-state index contributed by atoms with van der Waals surface area (Å²) in [6.07, 6.45) is 6.43. The third-order valence-electron chi connectivity index (χ3n) is 4.22. The molecule has 1 saturated heterocycles. The molecule has 0 saturated carbocycles. The number of nitrogens with one attached hydrogen (secondary N) is 2. The highest BCUT2D eigenvalue weighted by atomic mass is 32.2. The van der Waals surface area contributed by atoms with E-state index in [4.69, 9.17) is 4.74 Å². The smallest absolute Gasteiger partial charge is 0.191 e. The van der Waals surface area contributed by atoms with Gasteiger partial charge in [-0.25, -0.2) is 4.98 Å². The fraction of sp³-hybridized carbons (Fsp3) is 0.765. The zero-order valence-corrected chi connectivity index (χ0v) is 17.0. The fourth-order valence-electron chi connectivity index (χ4n) is 2.84. The number of ether oxygens (including phenoxy) is 1. The number of thioether (sulfide) groups is 1. The van der Waals surface area contributed by atoms with Gasteiger partial charge in [-0.1, -0.05) is 11.8 Å². The van der Waals surface area contributed by atoms with Crippen molar-refractivity contribution in [3.05, 3.63) is 11.6 Å². The summed E-state index contributed by atoms with van der Waals surface area (Å²) in [7, 11) is 3.62. The molecule has 1 fully saturated rings. The highest BCUT2D eigenvalue weighted by molar-refractivity contribution is 8.00. The van der Waals surface area contributed by atoms with Crippen molar-refractivity contribution in [2.75, 3.05) is 52.7 Å². The second-order valence-electron chi connectivity index (χ2n) is 6.11. The number of guanidine groups is 1. The average molecular weight is 386 g/mol. The first-order valence-electron chi connectivity index (χ1n) is 9.02. The van der Waals surface area contributed by atoms with Crippen molar-refractivity contribution in [2.45, 2.75) is 36.1 Å². The molecule has 8 heteroatoms. The highest BCUT2D eigenvalue weighted by Gasteiger charge is 2.19. The molecule has 2 rings (SSSR count). The lowest BCUT2D eigenvalue weighted by Gasteiger charge is -2.33. The van der Waals surface area contributed by atoms with Crippen molar-refractivity contribution < 1.29 is 4.74 Å². The molecule has 0 unspecified atom stereocenters. The molecule has 2 N–H and O–H groups in total. The molecule has 0 atom stereocenters. The Morgan fingerprint density at radius 2 is 2.28 bits per heavy atom. The summed E-state index contributed by atoms with van der Waals surface area (Å²) >= 11 is 3.53. The number of methoxy groups -OCH3 is 1. The molecule has 0 amide bonds. The van der Waals surface area contributed by atoms with E-state index in [0.717, 1.165) is 61.7 Å². The van der Waals surface area contributed by atoms with Crippen molar-refractivity contribution in [1.29, 1.82) is 0 Å². The number of rotatable bonds is 10. The number of nitrogens with zero attached hydrogens (tertiary/aromatic N) is 3. The van der Waals surface area contributed by atoms with E-state index < -0.39 is 0 Å². The maximum atomic E-state index is 5.13. The summed E-state index contributed by atoms with van der Waals surface area (Å²) < 4.78 is 6.28. The molecule has 0 bridgehead atoms. The molecule has 0 radical (unpaired) electrons. The summed E-state index contributed by atoms with van der Waals surface area (Å²) in [4.78, 5) is 11.2. The zero-order chi connectivity index (χ0) is 17.7. The molecule has 25 heavy (non-hydrogen) atoms. The van der Waals surface area contributed by atoms with E-state index in [9.17, 15) is 0 Å². The van der Waals surface area contributed by atoms with Crippen LogP contribution in [0.3, 0.4) is 0 Å². The van der Waals surface area contributed by atoms with Crippen molar-refractivity contribution in [1.82, 2.24) is 20.5 Å². The summed E-state index contributed by atoms with van der Waals surface area (Å²) in [5.74, 6) is 2.01. The predicted molar refractivity (Wildman–Crippen MR) is 108 cm³/mol. The van der Waals surface area contributed by atoms with E-state index in [1.807, 2.05) is 30.4 Å². The Bertz CT molecular complexity index is 475. The first-order chi connectivity index (χ1) is 12.3. The first-order valence-corrected chi connectivity index (χ1v) is 10.9. The lowest BCUT2D eigenvalue weighted by molar-refractivity contribution is 0.155. The van der Waals surface area contributed by atoms with Gasteiger partial charge in [-0.05, 0) is 25.7 Å². The lowest BCUT2D eigenvalue weighted by atomic mass is 10.1. The number of thiazole rings is 1. The van der Waals surface area contributed by atoms with E-state index in [0.29, 0.717) is 6.04 Å². The van der Waals surface area contributed by atoms with Crippen LogP contribution >= 0.6 is 23.1 Å². The molecule has 1 aliphatic heterocycles. The lowest BCUT2D eigenvalue weighted by Crippen LogP contribution is -2.49. The summed E-state index contributed by atoms with van der Waals surface area (Å²) in [5.41, 5.74) is 0. The Morgan fingerprint density at radius 1 is 1.44 bits per heavy atom. The normalized spacial score (nSPS) is 17.0. The van der Waals surface area contributed by atoms with Gasteiger partial charge in [-0.3, -0.25) is 4.99 Å². The summed E-state index contributed by atoms with van der Waals surface area (Å²) in [6.45, 7) is 5.25. The second-order valence-corrected chi connectivity index (χ2v) is 8.34. The van der Waals surface area contributed by atoms with Gasteiger partial charge in [-0.2, -0.15) is 0 Å². The number of aliphatic imine (C=N–C) groups is 1. The molecule has 6 nitrogen and oxygen atoms in total. The van der Waals surface area contributed by atoms with Gasteiger partial charge in [0, 0.05) is 70.3 Å². The Hall–Kier alpha value is -0.830. The molecule has 1 aromatic heterocycles. The monoisotopic (exact) mass is 385 g/mol. The topological polar surface area (TPSA) is 61.8 Å². The van der Waals surface area contributed by atoms with Crippen LogP contribution in [0.15, 0.2) is 20.9 Å². The van der Waals surface area contributed by atoms with Crippen molar-refractivity contribution in [3.63, 3.8) is 0 Å². The van der Waals surface area contributed by atoms with Gasteiger partial charge in [0.15, 0.2) is 5.96 Å². The van der Waals surface area contributed by atoms with E-state index in [1.54, 1.807) is 18.4 Å². The summed E-state index contributed by atoms with van der Waals surface area (Å²) in [6, 6.07) is 0.523. The Morgan fingerprint density at radius 3 is 2.96 bits per heavy atom. The van der Waals surface area contributed by atoms with E-state index in [-0.39, 0.29) is 0 Å². The minimum atomic E-state index is 0.523. The van der Waals surface area contributed by atoms with Gasteiger partial charge in [0.1, 0.15) is 4.34 Å². The van der Waals surface area contributed by atoms with Crippen LogP contribution in [0.1, 0.15) is 25.7 Å². The number of likely N-dealkylation sites (tertiary alicyclic amines) is 1. The third-order valence-corrected chi connectivity index (χ3v) is 6.28. The molecular weight excluding hydrogens is 354 g/mol. The van der Waals surface area contributed by atoms with Gasteiger partial charge in [0.05, 0.1) is 0 Å². The number of hydrogen-bond donors (Lipinski definition) is 2. The van der Waals surface area contributed by atoms with Gasteiger partial charge in [0.2, 0.25) is 0 Å². The predicted octanol–water partition coefficient (Wildman–Crippen LogP) is 2.29.